The molecular formula is C47H62F6N6O. The first-order valence-electron chi connectivity index (χ1n) is 21.2. The van der Waals surface area contributed by atoms with Crippen LogP contribution in [0.1, 0.15) is 87.5 Å². The average Bonchev–Trinajstić information content (AvgIpc) is 3.25. The largest absolute Gasteiger partial charge is 0.416 e. The van der Waals surface area contributed by atoms with E-state index in [1.54, 1.807) is 0 Å². The maximum Gasteiger partial charge on any atom is 0.416 e. The second-order valence-electron chi connectivity index (χ2n) is 15.5. The number of alkyl halides is 6. The van der Waals surface area contributed by atoms with E-state index in [1.807, 2.05) is 35.2 Å². The number of nitrogens with zero attached hydrogens (tertiary/aromatic N) is 3. The summed E-state index contributed by atoms with van der Waals surface area (Å²) in [5.41, 5.74) is 6.91. The fourth-order valence-corrected chi connectivity index (χ4v) is 7.19. The Morgan fingerprint density at radius 3 is 1.57 bits per heavy atom. The van der Waals surface area contributed by atoms with Crippen LogP contribution in [0.2, 0.25) is 0 Å². The first-order valence-corrected chi connectivity index (χ1v) is 21.2. The lowest BCUT2D eigenvalue weighted by molar-refractivity contribution is -0.138. The number of nitrogen functional groups attached to an aromatic ring is 1. The number of halogens is 6. The summed E-state index contributed by atoms with van der Waals surface area (Å²) in [5, 5.41) is 6.48. The summed E-state index contributed by atoms with van der Waals surface area (Å²) < 4.78 is 74.1. The minimum absolute atomic E-state index is 0.0903. The second kappa shape index (κ2) is 24.6. The topological polar surface area (TPSA) is 76.9 Å². The van der Waals surface area contributed by atoms with Crippen LogP contribution < -0.4 is 16.4 Å². The van der Waals surface area contributed by atoms with Crippen LogP contribution >= 0.6 is 0 Å². The zero-order valence-electron chi connectivity index (χ0n) is 35.0. The maximum atomic E-state index is 13.1. The number of nitrogens with one attached hydrogen (secondary N) is 2. The van der Waals surface area contributed by atoms with Crippen molar-refractivity contribution in [2.45, 2.75) is 103 Å². The molecule has 60 heavy (non-hydrogen) atoms. The molecule has 6 rings (SSSR count). The van der Waals surface area contributed by atoms with Gasteiger partial charge in [0, 0.05) is 49.6 Å². The van der Waals surface area contributed by atoms with Crippen molar-refractivity contribution >= 4 is 17.4 Å². The molecule has 0 spiro atoms. The molecule has 0 bridgehead atoms. The number of piperidine rings is 2. The van der Waals surface area contributed by atoms with Crippen molar-refractivity contribution < 1.29 is 31.1 Å². The number of amides is 2. The van der Waals surface area contributed by atoms with Gasteiger partial charge in [0.15, 0.2) is 0 Å². The minimum atomic E-state index is -4.40. The van der Waals surface area contributed by atoms with Crippen LogP contribution in [0.15, 0.2) is 109 Å². The average molecular weight is 841 g/mol. The Morgan fingerprint density at radius 2 is 1.10 bits per heavy atom. The number of hydrogen-bond acceptors (Lipinski definition) is 5. The molecule has 2 fully saturated rings. The van der Waals surface area contributed by atoms with Crippen molar-refractivity contribution in [3.05, 3.63) is 131 Å². The van der Waals surface area contributed by atoms with Gasteiger partial charge in [0.05, 0.1) is 11.1 Å². The van der Waals surface area contributed by atoms with Crippen molar-refractivity contribution in [3.8, 4) is 0 Å². The van der Waals surface area contributed by atoms with E-state index in [0.717, 1.165) is 75.3 Å². The molecule has 7 nitrogen and oxygen atoms in total. The predicted molar refractivity (Wildman–Crippen MR) is 230 cm³/mol. The van der Waals surface area contributed by atoms with Gasteiger partial charge in [-0.2, -0.15) is 26.3 Å². The summed E-state index contributed by atoms with van der Waals surface area (Å²) in [4.78, 5) is 20.0. The highest BCUT2D eigenvalue weighted by Gasteiger charge is 2.32. The number of carbonyl (C=O) groups is 1. The van der Waals surface area contributed by atoms with E-state index < -0.39 is 23.5 Å². The number of unbranched alkanes of at least 4 members (excludes halogenated alkanes) is 2. The van der Waals surface area contributed by atoms with Crippen LogP contribution in [0, 0.1) is 0 Å². The van der Waals surface area contributed by atoms with Crippen LogP contribution in [0.4, 0.5) is 42.5 Å². The molecule has 2 aliphatic heterocycles. The first kappa shape index (κ1) is 48.1. The Labute approximate surface area is 352 Å². The number of hydrogen-bond donors (Lipinski definition) is 3. The van der Waals surface area contributed by atoms with E-state index in [1.165, 1.54) is 81.6 Å². The molecule has 0 aliphatic carbocycles. The number of nitrogens with two attached hydrogens (primary N) is 1. The molecule has 13 heteroatoms. The van der Waals surface area contributed by atoms with E-state index in [-0.39, 0.29) is 12.1 Å². The van der Waals surface area contributed by atoms with Gasteiger partial charge in [-0.05, 0) is 124 Å². The van der Waals surface area contributed by atoms with Crippen LogP contribution in [0.3, 0.4) is 0 Å². The summed E-state index contributed by atoms with van der Waals surface area (Å²) in [6.07, 6.45) is 0.707. The number of likely N-dealkylation sites (tertiary alicyclic amines) is 2. The SMILES string of the molecule is CCCCN1CCC(N(Cc2ccccc2)C(=O)Nc2ccc(C(F)(F)F)cc2)CC1.CCCCN1CCC(NCc2ccccc2)CC1.Nc1ccc(C(F)(F)F)cc1. The van der Waals surface area contributed by atoms with Gasteiger partial charge in [0.1, 0.15) is 0 Å². The Bertz CT molecular complexity index is 1760. The number of urea groups is 1. The Balaban J connectivity index is 0.000000229. The molecule has 4 aromatic rings. The molecule has 4 N–H and O–H groups in total. The third-order valence-electron chi connectivity index (χ3n) is 10.8. The van der Waals surface area contributed by atoms with Crippen molar-refractivity contribution in [2.75, 3.05) is 50.3 Å². The zero-order chi connectivity index (χ0) is 43.4. The normalized spacial score (nSPS) is 15.6. The Hall–Kier alpha value is -4.59. The van der Waals surface area contributed by atoms with Gasteiger partial charge >= 0.3 is 18.4 Å². The van der Waals surface area contributed by atoms with Crippen molar-refractivity contribution in [1.29, 1.82) is 0 Å². The smallest absolute Gasteiger partial charge is 0.399 e. The zero-order valence-corrected chi connectivity index (χ0v) is 35.0. The molecule has 328 valence electrons. The number of carbonyl (C=O) groups excluding carboxylic acids is 1. The molecule has 0 unspecified atom stereocenters. The highest BCUT2D eigenvalue weighted by Crippen LogP contribution is 2.31. The molecular weight excluding hydrogens is 779 g/mol. The van der Waals surface area contributed by atoms with Gasteiger partial charge in [-0.1, -0.05) is 87.4 Å². The lowest BCUT2D eigenvalue weighted by Gasteiger charge is -2.38. The molecule has 2 saturated heterocycles. The van der Waals surface area contributed by atoms with Crippen LogP contribution in [0.25, 0.3) is 0 Å². The van der Waals surface area contributed by atoms with Crippen LogP contribution in [-0.2, 0) is 25.4 Å². The summed E-state index contributed by atoms with van der Waals surface area (Å²) in [6, 6.07) is 29.9. The third-order valence-corrected chi connectivity index (χ3v) is 10.8. The third kappa shape index (κ3) is 17.2. The molecule has 2 heterocycles. The van der Waals surface area contributed by atoms with E-state index in [9.17, 15) is 31.1 Å². The van der Waals surface area contributed by atoms with Crippen LogP contribution in [0.5, 0.6) is 0 Å². The van der Waals surface area contributed by atoms with E-state index in [0.29, 0.717) is 24.0 Å². The Morgan fingerprint density at radius 1 is 0.650 bits per heavy atom. The van der Waals surface area contributed by atoms with E-state index >= 15 is 0 Å². The molecule has 2 aliphatic rings. The van der Waals surface area contributed by atoms with Gasteiger partial charge in [-0.3, -0.25) is 0 Å². The minimum Gasteiger partial charge on any atom is -0.399 e. The van der Waals surface area contributed by atoms with E-state index in [2.05, 4.69) is 64.6 Å². The van der Waals surface area contributed by atoms with Gasteiger partial charge in [0.2, 0.25) is 0 Å². The highest BCUT2D eigenvalue weighted by molar-refractivity contribution is 5.89. The fourth-order valence-electron chi connectivity index (χ4n) is 7.19. The number of rotatable bonds is 13. The molecule has 0 aromatic heterocycles. The highest BCUT2D eigenvalue weighted by atomic mass is 19.4. The van der Waals surface area contributed by atoms with Crippen molar-refractivity contribution in [2.24, 2.45) is 0 Å². The van der Waals surface area contributed by atoms with Gasteiger partial charge < -0.3 is 31.1 Å². The number of benzene rings is 4. The lowest BCUT2D eigenvalue weighted by atomic mass is 10.0. The molecule has 0 radical (unpaired) electrons. The fraction of sp³-hybridized carbons (Fsp3) is 0.468. The predicted octanol–water partition coefficient (Wildman–Crippen LogP) is 11.3. The van der Waals surface area contributed by atoms with Gasteiger partial charge in [-0.15, -0.1) is 0 Å². The maximum absolute atomic E-state index is 13.1. The van der Waals surface area contributed by atoms with Gasteiger partial charge in [-0.25, -0.2) is 4.79 Å². The standard InChI is InChI=1S/C24H30F3N3O.C16H26N2.C7H6F3N/c1-2-3-15-29-16-13-22(14-17-29)30(18-19-7-5-4-6-8-19)23(31)28-21-11-9-20(10-12-21)24(25,26)27;1-2-3-11-18-12-9-16(10-13-18)17-14-15-7-5-4-6-8-15;8-7(9,10)5-1-3-6(11)4-2-5/h4-12,22H,2-3,13-18H2,1H3,(H,28,31);4-8,16-17H,2-3,9-14H2,1H3;1-4H,11H2. The number of anilines is 2. The van der Waals surface area contributed by atoms with Crippen molar-refractivity contribution in [3.63, 3.8) is 0 Å². The summed E-state index contributed by atoms with van der Waals surface area (Å²) in [5.74, 6) is 0. The molecule has 0 saturated carbocycles. The molecule has 4 aromatic carbocycles. The van der Waals surface area contributed by atoms with E-state index in [4.69, 9.17) is 5.73 Å². The monoisotopic (exact) mass is 840 g/mol. The van der Waals surface area contributed by atoms with Gasteiger partial charge in [0.25, 0.3) is 0 Å². The molecule has 0 atom stereocenters. The Kier molecular flexibility index (Phi) is 19.7. The first-order chi connectivity index (χ1) is 28.7. The molecule has 2 amide bonds. The second-order valence-corrected chi connectivity index (χ2v) is 15.5. The summed E-state index contributed by atoms with van der Waals surface area (Å²) in [7, 11) is 0. The quantitative estimate of drug-likeness (QED) is 0.0923. The lowest BCUT2D eigenvalue weighted by Crippen LogP contribution is -2.48. The van der Waals surface area contributed by atoms with Crippen LogP contribution in [-0.4, -0.2) is 72.1 Å². The van der Waals surface area contributed by atoms with Crippen molar-refractivity contribution in [1.82, 2.24) is 20.0 Å². The summed E-state index contributed by atoms with van der Waals surface area (Å²) in [6.45, 7) is 12.7. The summed E-state index contributed by atoms with van der Waals surface area (Å²) >= 11 is 0.